The van der Waals surface area contributed by atoms with Crippen LogP contribution in [0.5, 0.6) is 5.75 Å². The molecule has 0 spiro atoms. The Kier molecular flexibility index (Phi) is 6.38. The van der Waals surface area contributed by atoms with E-state index in [1.165, 1.54) is 0 Å². The van der Waals surface area contributed by atoms with Crippen molar-refractivity contribution < 1.29 is 25.1 Å². The number of morpholine rings is 1. The topological polar surface area (TPSA) is 86.6 Å². The number of quaternary nitrogens is 1. The molecule has 0 aliphatic carbocycles. The molecule has 0 saturated carbocycles. The molecule has 1 amide bonds. The van der Waals surface area contributed by atoms with Gasteiger partial charge in [0.25, 0.3) is 0 Å². The van der Waals surface area contributed by atoms with Crippen LogP contribution < -0.4 is 5.32 Å². The molecular formula is C17H27N2O4+. The molecule has 1 aliphatic rings. The minimum Gasteiger partial charge on any atom is -0.508 e. The van der Waals surface area contributed by atoms with Crippen LogP contribution in [0.1, 0.15) is 31.9 Å². The van der Waals surface area contributed by atoms with Crippen molar-refractivity contribution in [1.82, 2.24) is 4.90 Å². The lowest BCUT2D eigenvalue weighted by Gasteiger charge is -2.28. The molecule has 1 aliphatic heterocycles. The molecule has 1 aromatic rings. The third-order valence-corrected chi connectivity index (χ3v) is 4.23. The van der Waals surface area contributed by atoms with Crippen LogP contribution >= 0.6 is 0 Å². The highest BCUT2D eigenvalue weighted by Crippen LogP contribution is 2.18. The molecule has 3 atom stereocenters. The van der Waals surface area contributed by atoms with Gasteiger partial charge >= 0.3 is 0 Å². The van der Waals surface area contributed by atoms with Crippen molar-refractivity contribution in [1.29, 1.82) is 0 Å². The smallest absolute Gasteiger partial charge is 0.228 e. The highest BCUT2D eigenvalue weighted by molar-refractivity contribution is 5.76. The number of hydrogen-bond acceptors (Lipinski definition) is 4. The van der Waals surface area contributed by atoms with Gasteiger partial charge in [0.05, 0.1) is 25.7 Å². The van der Waals surface area contributed by atoms with Crippen molar-refractivity contribution in [3.63, 3.8) is 0 Å². The molecule has 0 radical (unpaired) electrons. The summed E-state index contributed by atoms with van der Waals surface area (Å²) >= 11 is 0. The van der Waals surface area contributed by atoms with Crippen LogP contribution in [-0.2, 0) is 9.53 Å². The minimum atomic E-state index is -0.642. The summed E-state index contributed by atoms with van der Waals surface area (Å²) in [7, 11) is 0. The number of phenols is 1. The number of amides is 1. The van der Waals surface area contributed by atoms with Crippen LogP contribution in [0.15, 0.2) is 24.3 Å². The van der Waals surface area contributed by atoms with Gasteiger partial charge in [0.1, 0.15) is 17.9 Å². The number of ether oxygens (including phenoxy) is 1. The van der Waals surface area contributed by atoms with Gasteiger partial charge in [0, 0.05) is 13.1 Å². The fourth-order valence-corrected chi connectivity index (χ4v) is 2.88. The Morgan fingerprint density at radius 2 is 1.87 bits per heavy atom. The third-order valence-electron chi connectivity index (χ3n) is 4.23. The Hall–Kier alpha value is -1.63. The van der Waals surface area contributed by atoms with E-state index in [9.17, 15) is 15.0 Å². The molecule has 2 rings (SSSR count). The van der Waals surface area contributed by atoms with Gasteiger partial charge in [-0.05, 0) is 31.5 Å². The lowest BCUT2D eigenvalue weighted by Crippen LogP contribution is -2.95. The summed E-state index contributed by atoms with van der Waals surface area (Å²) < 4.78 is 5.26. The standard InChI is InChI=1S/C17H26N2O4/c1-12(11-16(21)19-7-9-23-10-8-19)18-13(2)17(22)14-3-5-15(20)6-4-14/h3-6,12-13,17-18,20,22H,7-11H2,1-2H3/p+1/t12-,13+,17+/m1/s1. The second-order valence-electron chi connectivity index (χ2n) is 6.26. The fraction of sp³-hybridized carbons (Fsp3) is 0.588. The molecule has 1 fully saturated rings. The monoisotopic (exact) mass is 323 g/mol. The molecule has 128 valence electrons. The number of nitrogens with two attached hydrogens (primary N) is 1. The number of nitrogens with zero attached hydrogens (tertiary/aromatic N) is 1. The molecule has 0 bridgehead atoms. The molecule has 0 unspecified atom stereocenters. The molecule has 1 heterocycles. The van der Waals surface area contributed by atoms with Gasteiger partial charge in [-0.3, -0.25) is 4.79 Å². The Labute approximate surface area is 137 Å². The predicted molar refractivity (Wildman–Crippen MR) is 85.9 cm³/mol. The van der Waals surface area contributed by atoms with Gasteiger partial charge in [-0.25, -0.2) is 0 Å². The summed E-state index contributed by atoms with van der Waals surface area (Å²) in [4.78, 5) is 14.1. The third kappa shape index (κ3) is 5.20. The summed E-state index contributed by atoms with van der Waals surface area (Å²) in [5.41, 5.74) is 0.762. The molecule has 1 saturated heterocycles. The van der Waals surface area contributed by atoms with Gasteiger partial charge in [-0.1, -0.05) is 12.1 Å². The number of carbonyl (C=O) groups is 1. The van der Waals surface area contributed by atoms with Gasteiger partial charge in [-0.2, -0.15) is 0 Å². The lowest BCUT2D eigenvalue weighted by atomic mass is 10.0. The van der Waals surface area contributed by atoms with Gasteiger partial charge in [0.2, 0.25) is 5.91 Å². The second kappa shape index (κ2) is 8.29. The number of phenolic OH excluding ortho intramolecular Hbond substituents is 1. The van der Waals surface area contributed by atoms with Crippen molar-refractivity contribution in [3.05, 3.63) is 29.8 Å². The van der Waals surface area contributed by atoms with E-state index >= 15 is 0 Å². The first-order chi connectivity index (χ1) is 11.0. The number of rotatable bonds is 6. The first kappa shape index (κ1) is 17.7. The maximum Gasteiger partial charge on any atom is 0.228 e. The zero-order valence-electron chi connectivity index (χ0n) is 13.8. The van der Waals surface area contributed by atoms with Crippen LogP contribution in [0.3, 0.4) is 0 Å². The highest BCUT2D eigenvalue weighted by Gasteiger charge is 2.25. The molecular weight excluding hydrogens is 296 g/mol. The van der Waals surface area contributed by atoms with Crippen molar-refractivity contribution in [2.75, 3.05) is 26.3 Å². The van der Waals surface area contributed by atoms with Crippen molar-refractivity contribution in [2.45, 2.75) is 38.5 Å². The second-order valence-corrected chi connectivity index (χ2v) is 6.26. The van der Waals surface area contributed by atoms with Crippen molar-refractivity contribution >= 4 is 5.91 Å². The number of carbonyl (C=O) groups excluding carboxylic acids is 1. The summed E-state index contributed by atoms with van der Waals surface area (Å²) in [6, 6.07) is 6.58. The number of hydrogen-bond donors (Lipinski definition) is 3. The van der Waals surface area contributed by atoms with E-state index in [2.05, 4.69) is 0 Å². The largest absolute Gasteiger partial charge is 0.508 e. The lowest BCUT2D eigenvalue weighted by molar-refractivity contribution is -0.722. The van der Waals surface area contributed by atoms with E-state index in [1.54, 1.807) is 24.3 Å². The SMILES string of the molecule is C[C@H](CC(=O)N1CCOCC1)[NH2+][C@@H](C)[C@H](O)c1ccc(O)cc1. The molecule has 1 aromatic carbocycles. The Balaban J connectivity index is 1.82. The normalized spacial score (nSPS) is 19.2. The highest BCUT2D eigenvalue weighted by atomic mass is 16.5. The average molecular weight is 323 g/mol. The molecule has 6 nitrogen and oxygen atoms in total. The van der Waals surface area contributed by atoms with Crippen molar-refractivity contribution in [3.8, 4) is 5.75 Å². The van der Waals surface area contributed by atoms with Crippen LogP contribution in [0.25, 0.3) is 0 Å². The summed E-state index contributed by atoms with van der Waals surface area (Å²) in [5, 5.41) is 21.7. The first-order valence-electron chi connectivity index (χ1n) is 8.15. The molecule has 23 heavy (non-hydrogen) atoms. The van der Waals surface area contributed by atoms with E-state index in [0.717, 1.165) is 5.56 Å². The van der Waals surface area contributed by atoms with E-state index in [4.69, 9.17) is 4.74 Å². The van der Waals surface area contributed by atoms with Gasteiger partial charge < -0.3 is 25.2 Å². The van der Waals surface area contributed by atoms with Gasteiger partial charge in [-0.15, -0.1) is 0 Å². The van der Waals surface area contributed by atoms with E-state index < -0.39 is 6.10 Å². The molecule has 4 N–H and O–H groups in total. The van der Waals surface area contributed by atoms with E-state index in [0.29, 0.717) is 32.7 Å². The van der Waals surface area contributed by atoms with E-state index in [-0.39, 0.29) is 23.7 Å². The summed E-state index contributed by atoms with van der Waals surface area (Å²) in [6.07, 6.45) is -0.191. The average Bonchev–Trinajstić information content (AvgIpc) is 2.55. The first-order valence-corrected chi connectivity index (χ1v) is 8.15. The quantitative estimate of drug-likeness (QED) is 0.688. The number of aromatic hydroxyl groups is 1. The predicted octanol–water partition coefficient (Wildman–Crippen LogP) is 0.0149. The summed E-state index contributed by atoms with van der Waals surface area (Å²) in [6.45, 7) is 6.49. The van der Waals surface area contributed by atoms with Crippen molar-refractivity contribution in [2.24, 2.45) is 0 Å². The van der Waals surface area contributed by atoms with E-state index in [1.807, 2.05) is 24.1 Å². The zero-order valence-corrected chi connectivity index (χ0v) is 13.8. The van der Waals surface area contributed by atoms with Crippen LogP contribution in [0, 0.1) is 0 Å². The molecule has 6 heteroatoms. The van der Waals surface area contributed by atoms with Gasteiger partial charge in [0.15, 0.2) is 0 Å². The Bertz CT molecular complexity index is 500. The van der Waals surface area contributed by atoms with Crippen LogP contribution in [0.4, 0.5) is 0 Å². The maximum absolute atomic E-state index is 12.2. The summed E-state index contributed by atoms with van der Waals surface area (Å²) in [5.74, 6) is 0.324. The minimum absolute atomic E-state index is 0.0768. The zero-order chi connectivity index (χ0) is 16.8. The Morgan fingerprint density at radius 1 is 1.26 bits per heavy atom. The molecule has 0 aromatic heterocycles. The number of aliphatic hydroxyl groups excluding tert-OH is 1. The number of benzene rings is 1. The maximum atomic E-state index is 12.2. The number of aliphatic hydroxyl groups is 1. The van der Waals surface area contributed by atoms with Crippen LogP contribution in [-0.4, -0.2) is 59.4 Å². The van der Waals surface area contributed by atoms with Crippen LogP contribution in [0.2, 0.25) is 0 Å². The fourth-order valence-electron chi connectivity index (χ4n) is 2.88. The Morgan fingerprint density at radius 3 is 2.48 bits per heavy atom.